The zero-order valence-corrected chi connectivity index (χ0v) is 9.31. The number of anilines is 1. The van der Waals surface area contributed by atoms with Crippen LogP contribution < -0.4 is 5.32 Å². The largest absolute Gasteiger partial charge is 0.359 e. The summed E-state index contributed by atoms with van der Waals surface area (Å²) in [5, 5.41) is 10.4. The van der Waals surface area contributed by atoms with Gasteiger partial charge in [-0.15, -0.1) is 0 Å². The Morgan fingerprint density at radius 2 is 2.25 bits per heavy atom. The number of aryl methyl sites for hydroxylation is 3. The van der Waals surface area contributed by atoms with Crippen molar-refractivity contribution < 1.29 is 9.32 Å². The van der Waals surface area contributed by atoms with E-state index in [-0.39, 0.29) is 5.91 Å². The smallest absolute Gasteiger partial charge is 0.258 e. The molecule has 1 amide bonds. The second-order valence-electron chi connectivity index (χ2n) is 3.56. The van der Waals surface area contributed by atoms with Gasteiger partial charge in [-0.3, -0.25) is 9.48 Å². The topological polar surface area (TPSA) is 73.0 Å². The molecule has 0 aromatic carbocycles. The van der Waals surface area contributed by atoms with Gasteiger partial charge in [0.1, 0.15) is 11.4 Å². The van der Waals surface area contributed by atoms with Crippen molar-refractivity contribution in [2.45, 2.75) is 13.8 Å². The Morgan fingerprint density at radius 3 is 2.75 bits per heavy atom. The first-order valence-corrected chi connectivity index (χ1v) is 4.81. The number of aromatic nitrogens is 3. The van der Waals surface area contributed by atoms with E-state index in [9.17, 15) is 4.79 Å². The third kappa shape index (κ3) is 1.81. The van der Waals surface area contributed by atoms with Gasteiger partial charge >= 0.3 is 0 Å². The highest BCUT2D eigenvalue weighted by Crippen LogP contribution is 2.19. The molecular formula is C10H12N4O2. The maximum absolute atomic E-state index is 11.8. The molecule has 0 atom stereocenters. The summed E-state index contributed by atoms with van der Waals surface area (Å²) in [6, 6.07) is 0. The molecule has 0 radical (unpaired) electrons. The molecule has 84 valence electrons. The van der Waals surface area contributed by atoms with Crippen LogP contribution in [0, 0.1) is 13.8 Å². The van der Waals surface area contributed by atoms with Crippen LogP contribution in [0.3, 0.4) is 0 Å². The Kier molecular flexibility index (Phi) is 2.47. The molecule has 2 aromatic heterocycles. The molecule has 2 aromatic rings. The van der Waals surface area contributed by atoms with Crippen molar-refractivity contribution in [3.8, 4) is 0 Å². The van der Waals surface area contributed by atoms with Gasteiger partial charge in [0.2, 0.25) is 0 Å². The molecule has 2 heterocycles. The van der Waals surface area contributed by atoms with Crippen molar-refractivity contribution in [3.63, 3.8) is 0 Å². The van der Waals surface area contributed by atoms with Gasteiger partial charge in [0.15, 0.2) is 5.76 Å². The van der Waals surface area contributed by atoms with Crippen molar-refractivity contribution in [3.05, 3.63) is 29.4 Å². The summed E-state index contributed by atoms with van der Waals surface area (Å²) in [5.74, 6) is 0.372. The van der Waals surface area contributed by atoms with E-state index in [1.165, 1.54) is 6.20 Å². The second kappa shape index (κ2) is 3.80. The average molecular weight is 220 g/mol. The number of hydrogen-bond acceptors (Lipinski definition) is 4. The molecule has 2 rings (SSSR count). The van der Waals surface area contributed by atoms with Gasteiger partial charge in [-0.2, -0.15) is 5.10 Å². The molecule has 0 fully saturated rings. The van der Waals surface area contributed by atoms with E-state index >= 15 is 0 Å². The van der Waals surface area contributed by atoms with E-state index in [4.69, 9.17) is 4.52 Å². The minimum atomic E-state index is -0.220. The van der Waals surface area contributed by atoms with Gasteiger partial charge in [0.25, 0.3) is 5.91 Å². The van der Waals surface area contributed by atoms with Crippen molar-refractivity contribution in [1.29, 1.82) is 0 Å². The summed E-state index contributed by atoms with van der Waals surface area (Å²) in [5.41, 5.74) is 1.78. The van der Waals surface area contributed by atoms with Crippen LogP contribution in [0.15, 0.2) is 16.9 Å². The van der Waals surface area contributed by atoms with Gasteiger partial charge in [-0.1, -0.05) is 5.16 Å². The van der Waals surface area contributed by atoms with E-state index in [1.54, 1.807) is 31.8 Å². The number of hydrogen-bond donors (Lipinski definition) is 1. The predicted molar refractivity (Wildman–Crippen MR) is 57.1 cm³/mol. The lowest BCUT2D eigenvalue weighted by molar-refractivity contribution is 0.102. The summed E-state index contributed by atoms with van der Waals surface area (Å²) >= 11 is 0. The zero-order chi connectivity index (χ0) is 11.7. The first-order chi connectivity index (χ1) is 7.58. The zero-order valence-electron chi connectivity index (χ0n) is 9.31. The fourth-order valence-corrected chi connectivity index (χ4v) is 1.39. The molecule has 0 saturated heterocycles. The minimum absolute atomic E-state index is 0.220. The number of carbonyl (C=O) groups excluding carboxylic acids is 1. The summed E-state index contributed by atoms with van der Waals surface area (Å²) in [4.78, 5) is 11.8. The highest BCUT2D eigenvalue weighted by atomic mass is 16.5. The molecule has 6 heteroatoms. The number of rotatable bonds is 2. The van der Waals surface area contributed by atoms with Crippen LogP contribution >= 0.6 is 0 Å². The molecule has 16 heavy (non-hydrogen) atoms. The van der Waals surface area contributed by atoms with Crippen LogP contribution in [0.25, 0.3) is 0 Å². The maximum Gasteiger partial charge on any atom is 0.258 e. The Morgan fingerprint density at radius 1 is 1.50 bits per heavy atom. The number of nitrogens with zero attached hydrogens (tertiary/aromatic N) is 3. The molecule has 1 N–H and O–H groups in total. The third-order valence-electron chi connectivity index (χ3n) is 2.24. The van der Waals surface area contributed by atoms with E-state index in [2.05, 4.69) is 15.6 Å². The van der Waals surface area contributed by atoms with Crippen LogP contribution in [0.5, 0.6) is 0 Å². The number of amides is 1. The van der Waals surface area contributed by atoms with E-state index < -0.39 is 0 Å². The quantitative estimate of drug-likeness (QED) is 0.827. The monoisotopic (exact) mass is 220 g/mol. The molecule has 0 unspecified atom stereocenters. The summed E-state index contributed by atoms with van der Waals surface area (Å²) < 4.78 is 6.52. The fourth-order valence-electron chi connectivity index (χ4n) is 1.39. The Bertz CT molecular complexity index is 507. The molecule has 0 spiro atoms. The molecule has 0 aliphatic carbocycles. The SMILES string of the molecule is Cc1noc(C)c1NC(=O)c1cnn(C)c1. The summed E-state index contributed by atoms with van der Waals surface area (Å²) in [6.07, 6.45) is 3.15. The molecule has 0 aliphatic heterocycles. The molecule has 0 bridgehead atoms. The third-order valence-corrected chi connectivity index (χ3v) is 2.24. The van der Waals surface area contributed by atoms with E-state index in [1.807, 2.05) is 0 Å². The summed E-state index contributed by atoms with van der Waals surface area (Å²) in [7, 11) is 1.76. The maximum atomic E-state index is 11.8. The van der Waals surface area contributed by atoms with E-state index in [0.717, 1.165) is 0 Å². The Hall–Kier alpha value is -2.11. The second-order valence-corrected chi connectivity index (χ2v) is 3.56. The van der Waals surface area contributed by atoms with Crippen molar-refractivity contribution in [1.82, 2.24) is 14.9 Å². The van der Waals surface area contributed by atoms with Gasteiger partial charge < -0.3 is 9.84 Å². The van der Waals surface area contributed by atoms with Crippen LogP contribution in [-0.4, -0.2) is 20.8 Å². The molecular weight excluding hydrogens is 208 g/mol. The highest BCUT2D eigenvalue weighted by molar-refractivity contribution is 6.04. The van der Waals surface area contributed by atoms with E-state index in [0.29, 0.717) is 22.7 Å². The first kappa shape index (κ1) is 10.4. The summed E-state index contributed by atoms with van der Waals surface area (Å²) in [6.45, 7) is 3.52. The predicted octanol–water partition coefficient (Wildman–Crippen LogP) is 1.28. The minimum Gasteiger partial charge on any atom is -0.359 e. The Labute approximate surface area is 92.2 Å². The van der Waals surface area contributed by atoms with Crippen LogP contribution in [0.1, 0.15) is 21.8 Å². The van der Waals surface area contributed by atoms with Crippen molar-refractivity contribution >= 4 is 11.6 Å². The van der Waals surface area contributed by atoms with Gasteiger partial charge in [-0.05, 0) is 13.8 Å². The highest BCUT2D eigenvalue weighted by Gasteiger charge is 2.14. The van der Waals surface area contributed by atoms with Crippen LogP contribution in [0.2, 0.25) is 0 Å². The lowest BCUT2D eigenvalue weighted by Gasteiger charge is -2.01. The lowest BCUT2D eigenvalue weighted by atomic mass is 10.3. The van der Waals surface area contributed by atoms with Gasteiger partial charge in [0.05, 0.1) is 11.8 Å². The normalized spacial score (nSPS) is 10.4. The molecule has 0 saturated carbocycles. The molecule has 6 nitrogen and oxygen atoms in total. The fraction of sp³-hybridized carbons (Fsp3) is 0.300. The number of nitrogens with one attached hydrogen (secondary N) is 1. The van der Waals surface area contributed by atoms with Crippen LogP contribution in [-0.2, 0) is 7.05 Å². The van der Waals surface area contributed by atoms with Crippen LogP contribution in [0.4, 0.5) is 5.69 Å². The van der Waals surface area contributed by atoms with Crippen molar-refractivity contribution in [2.24, 2.45) is 7.05 Å². The first-order valence-electron chi connectivity index (χ1n) is 4.81. The average Bonchev–Trinajstić information content (AvgIpc) is 2.79. The molecule has 0 aliphatic rings. The standard InChI is InChI=1S/C10H12N4O2/c1-6-9(7(2)16-13-6)12-10(15)8-4-11-14(3)5-8/h4-5H,1-3H3,(H,12,15). The number of carbonyl (C=O) groups is 1. The van der Waals surface area contributed by atoms with Gasteiger partial charge in [-0.25, -0.2) is 0 Å². The van der Waals surface area contributed by atoms with Crippen molar-refractivity contribution in [2.75, 3.05) is 5.32 Å². The van der Waals surface area contributed by atoms with Gasteiger partial charge in [0, 0.05) is 13.2 Å². The lowest BCUT2D eigenvalue weighted by Crippen LogP contribution is -2.12. The Balaban J connectivity index is 2.20.